The fourth-order valence-electron chi connectivity index (χ4n) is 2.76. The molecule has 1 aliphatic heterocycles. The largest absolute Gasteiger partial charge is 0.465 e. The third kappa shape index (κ3) is 2.90. The van der Waals surface area contributed by atoms with Crippen LogP contribution in [-0.4, -0.2) is 36.6 Å². The van der Waals surface area contributed by atoms with Crippen molar-refractivity contribution in [2.24, 2.45) is 5.41 Å². The van der Waals surface area contributed by atoms with Crippen molar-refractivity contribution in [3.8, 4) is 0 Å². The molecule has 0 spiro atoms. The molecule has 1 atom stereocenters. The third-order valence-corrected chi connectivity index (χ3v) is 5.04. The molecule has 0 radical (unpaired) electrons. The van der Waals surface area contributed by atoms with Gasteiger partial charge in [0.15, 0.2) is 5.78 Å². The van der Waals surface area contributed by atoms with Gasteiger partial charge in [-0.1, -0.05) is 39.7 Å². The Morgan fingerprint density at radius 2 is 2.00 bits per heavy atom. The summed E-state index contributed by atoms with van der Waals surface area (Å²) in [7, 11) is 1.57. The van der Waals surface area contributed by atoms with Crippen molar-refractivity contribution in [1.29, 1.82) is 0 Å². The van der Waals surface area contributed by atoms with E-state index in [0.29, 0.717) is 16.6 Å². The number of amides is 1. The van der Waals surface area contributed by atoms with Crippen molar-refractivity contribution in [2.45, 2.75) is 20.3 Å². The van der Waals surface area contributed by atoms with Crippen molar-refractivity contribution >= 4 is 39.3 Å². The molecule has 1 unspecified atom stereocenters. The summed E-state index contributed by atoms with van der Waals surface area (Å²) in [6.45, 7) is 3.62. The molecule has 0 saturated carbocycles. The zero-order valence-corrected chi connectivity index (χ0v) is 15.6. The average Bonchev–Trinajstić information content (AvgIpc) is 2.60. The highest BCUT2D eigenvalue weighted by atomic mass is 79.9. The minimum Gasteiger partial charge on any atom is -0.465 e. The summed E-state index contributed by atoms with van der Waals surface area (Å²) in [6, 6.07) is 6.80. The van der Waals surface area contributed by atoms with Crippen LogP contribution in [0.15, 0.2) is 35.9 Å². The fraction of sp³-hybridized carbons (Fsp3) is 0.389. The first-order chi connectivity index (χ1) is 11.4. The van der Waals surface area contributed by atoms with Crippen LogP contribution in [0.5, 0.6) is 0 Å². The van der Waals surface area contributed by atoms with Gasteiger partial charge in [-0.15, -0.1) is 0 Å². The van der Waals surface area contributed by atoms with Crippen LogP contribution < -0.4 is 4.90 Å². The highest BCUT2D eigenvalue weighted by Crippen LogP contribution is 2.40. The lowest BCUT2D eigenvalue weighted by Crippen LogP contribution is -2.56. The Kier molecular flexibility index (Phi) is 5.59. The number of para-hydroxylation sites is 1. The zero-order chi connectivity index (χ0) is 17.9. The van der Waals surface area contributed by atoms with Crippen LogP contribution >= 0.6 is 15.9 Å². The number of ketones is 1. The maximum absolute atomic E-state index is 13.1. The van der Waals surface area contributed by atoms with E-state index in [1.54, 1.807) is 44.3 Å². The first-order valence-corrected chi connectivity index (χ1v) is 8.83. The first kappa shape index (κ1) is 18.4. The predicted octanol–water partition coefficient (Wildman–Crippen LogP) is 3.13. The van der Waals surface area contributed by atoms with Crippen LogP contribution in [-0.2, 0) is 14.3 Å². The Balaban J connectivity index is 2.63. The number of ether oxygens (including phenoxy) is 1. The molecular formula is C18H20BrNO4. The van der Waals surface area contributed by atoms with E-state index in [0.717, 1.165) is 5.57 Å². The highest BCUT2D eigenvalue weighted by Gasteiger charge is 2.58. The number of carbonyl (C=O) groups is 3. The number of allylic oxidation sites excluding steroid dienone is 2. The quantitative estimate of drug-likeness (QED) is 0.333. The van der Waals surface area contributed by atoms with Gasteiger partial charge in [0.05, 0.1) is 12.3 Å². The summed E-state index contributed by atoms with van der Waals surface area (Å²) in [5, 5.41) is 0.598. The summed E-state index contributed by atoms with van der Waals surface area (Å²) in [6.07, 6.45) is 1.73. The number of alkyl halides is 1. The number of esters is 1. The molecule has 0 saturated heterocycles. The van der Waals surface area contributed by atoms with E-state index in [2.05, 4.69) is 15.9 Å². The summed E-state index contributed by atoms with van der Waals surface area (Å²) in [4.78, 5) is 40.2. The van der Waals surface area contributed by atoms with Gasteiger partial charge < -0.3 is 9.64 Å². The van der Waals surface area contributed by atoms with Crippen molar-refractivity contribution in [2.75, 3.05) is 23.9 Å². The van der Waals surface area contributed by atoms with Gasteiger partial charge in [0.1, 0.15) is 0 Å². The Labute approximate surface area is 149 Å². The summed E-state index contributed by atoms with van der Waals surface area (Å²) >= 11 is 3.33. The number of hydrogen-bond donors (Lipinski definition) is 0. The average molecular weight is 394 g/mol. The molecule has 0 aromatic heterocycles. The highest BCUT2D eigenvalue weighted by molar-refractivity contribution is 9.09. The fourth-order valence-corrected chi connectivity index (χ4v) is 2.99. The number of hydrogen-bond acceptors (Lipinski definition) is 4. The molecule has 5 nitrogen and oxygen atoms in total. The minimum absolute atomic E-state index is 0.0143. The molecule has 1 aliphatic rings. The lowest BCUT2D eigenvalue weighted by molar-refractivity contribution is -0.156. The monoisotopic (exact) mass is 393 g/mol. The minimum atomic E-state index is -1.86. The molecule has 2 rings (SSSR count). The van der Waals surface area contributed by atoms with Gasteiger partial charge in [-0.25, -0.2) is 0 Å². The molecule has 1 amide bonds. The Bertz CT molecular complexity index is 713. The standard InChI is InChI=1S/C18H20BrNO4/c1-4-24-17(23)18(10-9-12(2)11-19)15(21)13-7-5-6-8-14(13)20(3)16(18)22/h5-9H,4,10-11H2,1-3H3/b12-9+. The molecule has 0 fully saturated rings. The molecular weight excluding hydrogens is 374 g/mol. The molecule has 1 heterocycles. The van der Waals surface area contributed by atoms with E-state index in [1.165, 1.54) is 4.90 Å². The Morgan fingerprint density at radius 1 is 1.33 bits per heavy atom. The molecule has 128 valence electrons. The van der Waals surface area contributed by atoms with Crippen LogP contribution in [0.25, 0.3) is 0 Å². The topological polar surface area (TPSA) is 63.7 Å². The van der Waals surface area contributed by atoms with E-state index >= 15 is 0 Å². The van der Waals surface area contributed by atoms with Crippen molar-refractivity contribution < 1.29 is 19.1 Å². The molecule has 0 aliphatic carbocycles. The van der Waals surface area contributed by atoms with Crippen LogP contribution in [0.2, 0.25) is 0 Å². The first-order valence-electron chi connectivity index (χ1n) is 7.71. The van der Waals surface area contributed by atoms with Crippen LogP contribution in [0, 0.1) is 5.41 Å². The van der Waals surface area contributed by atoms with Crippen LogP contribution in [0.4, 0.5) is 5.69 Å². The number of nitrogens with zero attached hydrogens (tertiary/aromatic N) is 1. The van der Waals surface area contributed by atoms with Crippen molar-refractivity contribution in [1.82, 2.24) is 0 Å². The van der Waals surface area contributed by atoms with Gasteiger partial charge in [-0.05, 0) is 32.4 Å². The normalized spacial score (nSPS) is 20.8. The number of benzene rings is 1. The second-order valence-electron chi connectivity index (χ2n) is 5.72. The maximum atomic E-state index is 13.1. The molecule has 24 heavy (non-hydrogen) atoms. The van der Waals surface area contributed by atoms with E-state index in [-0.39, 0.29) is 13.0 Å². The predicted molar refractivity (Wildman–Crippen MR) is 95.4 cm³/mol. The second-order valence-corrected chi connectivity index (χ2v) is 6.29. The second kappa shape index (κ2) is 7.30. The van der Waals surface area contributed by atoms with E-state index in [1.807, 2.05) is 6.92 Å². The van der Waals surface area contributed by atoms with Crippen LogP contribution in [0.1, 0.15) is 30.6 Å². The van der Waals surface area contributed by atoms with E-state index < -0.39 is 23.1 Å². The summed E-state index contributed by atoms with van der Waals surface area (Å²) < 4.78 is 5.11. The number of rotatable bonds is 5. The van der Waals surface area contributed by atoms with Gasteiger partial charge in [0, 0.05) is 17.9 Å². The number of anilines is 1. The lowest BCUT2D eigenvalue weighted by Gasteiger charge is -2.37. The number of carbonyl (C=O) groups excluding carboxylic acids is 3. The molecule has 0 N–H and O–H groups in total. The van der Waals surface area contributed by atoms with Gasteiger partial charge in [0.2, 0.25) is 5.41 Å². The van der Waals surface area contributed by atoms with Crippen molar-refractivity contribution in [3.63, 3.8) is 0 Å². The number of fused-ring (bicyclic) bond motifs is 1. The van der Waals surface area contributed by atoms with Crippen molar-refractivity contribution in [3.05, 3.63) is 41.5 Å². The number of halogens is 1. The van der Waals surface area contributed by atoms with Gasteiger partial charge in [-0.2, -0.15) is 0 Å². The number of Topliss-reactive ketones (excluding diaryl/α,β-unsaturated/α-hetero) is 1. The van der Waals surface area contributed by atoms with Gasteiger partial charge in [0.25, 0.3) is 5.91 Å². The Morgan fingerprint density at radius 3 is 2.62 bits per heavy atom. The third-order valence-electron chi connectivity index (χ3n) is 4.16. The SMILES string of the molecule is CCOC(=O)C1(C/C=C(\C)CBr)C(=O)c2ccccc2N(C)C1=O. The maximum Gasteiger partial charge on any atom is 0.330 e. The van der Waals surface area contributed by atoms with E-state index in [9.17, 15) is 14.4 Å². The van der Waals surface area contributed by atoms with Gasteiger partial charge >= 0.3 is 5.97 Å². The molecule has 6 heteroatoms. The molecule has 1 aromatic carbocycles. The Hall–Kier alpha value is -1.95. The summed E-state index contributed by atoms with van der Waals surface area (Å²) in [5.74, 6) is -1.85. The summed E-state index contributed by atoms with van der Waals surface area (Å²) in [5.41, 5.74) is -0.0605. The van der Waals surface area contributed by atoms with Gasteiger partial charge in [-0.3, -0.25) is 14.4 Å². The smallest absolute Gasteiger partial charge is 0.330 e. The lowest BCUT2D eigenvalue weighted by atomic mass is 9.72. The molecule has 1 aromatic rings. The molecule has 0 bridgehead atoms. The van der Waals surface area contributed by atoms with E-state index in [4.69, 9.17) is 4.74 Å². The van der Waals surface area contributed by atoms with Crippen LogP contribution in [0.3, 0.4) is 0 Å². The zero-order valence-electron chi connectivity index (χ0n) is 14.0.